The van der Waals surface area contributed by atoms with Crippen molar-refractivity contribution >= 4 is 22.6 Å². The smallest absolute Gasteiger partial charge is 0.0328 e. The van der Waals surface area contributed by atoms with Gasteiger partial charge >= 0.3 is 0 Å². The Balaban J connectivity index is 4.01. The van der Waals surface area contributed by atoms with Gasteiger partial charge in [-0.05, 0) is 53.4 Å². The second-order valence-electron chi connectivity index (χ2n) is 5.39. The molecule has 0 radical (unpaired) electrons. The molecule has 1 atom stereocenters. The highest BCUT2D eigenvalue weighted by atomic mass is 127. The van der Waals surface area contributed by atoms with Crippen molar-refractivity contribution in [3.63, 3.8) is 0 Å². The van der Waals surface area contributed by atoms with Gasteiger partial charge in [-0.15, -0.1) is 0 Å². The maximum atomic E-state index is 2.53. The Morgan fingerprint density at radius 3 is 2.17 bits per heavy atom. The van der Waals surface area contributed by atoms with Crippen molar-refractivity contribution in [3.8, 4) is 0 Å². The maximum absolute atomic E-state index is 2.53. The lowest BCUT2D eigenvalue weighted by atomic mass is 10.1. The molecule has 1 heteroatoms. The lowest BCUT2D eigenvalue weighted by Gasteiger charge is -2.06. The third-order valence-corrected chi connectivity index (χ3v) is 3.64. The van der Waals surface area contributed by atoms with Gasteiger partial charge in [-0.2, -0.15) is 0 Å². The molecule has 0 aliphatic rings. The van der Waals surface area contributed by atoms with Crippen molar-refractivity contribution in [2.75, 3.05) is 0 Å². The van der Waals surface area contributed by atoms with Crippen molar-refractivity contribution in [2.24, 2.45) is 0 Å². The molecule has 104 valence electrons. The number of unbranched alkanes of at least 4 members (excludes halogenated alkanes) is 1. The summed E-state index contributed by atoms with van der Waals surface area (Å²) in [6.07, 6.45) is 13.2. The summed E-state index contributed by atoms with van der Waals surface area (Å²) in [5, 5.41) is 0. The number of allylic oxidation sites excluding steroid dienone is 6. The number of rotatable bonds is 8. The fourth-order valence-electron chi connectivity index (χ4n) is 1.85. The standard InChI is InChI=1S/C17H29I/c1-6-7-9-15(4)10-8-11-16(5)13-17(18)12-14(2)3/h9,11-12,17H,6-8,10,13H2,1-5H3/b15-9+,16-11+. The summed E-state index contributed by atoms with van der Waals surface area (Å²) >= 11 is 2.53. The molecule has 0 aromatic rings. The van der Waals surface area contributed by atoms with Gasteiger partial charge in [0.25, 0.3) is 0 Å². The molecule has 0 aliphatic heterocycles. The van der Waals surface area contributed by atoms with E-state index in [2.05, 4.69) is 75.4 Å². The fraction of sp³-hybridized carbons (Fsp3) is 0.647. The SMILES string of the molecule is CCC/C=C(\C)CC/C=C(\C)CC(I)C=C(C)C. The van der Waals surface area contributed by atoms with Crippen molar-refractivity contribution in [1.29, 1.82) is 0 Å². The topological polar surface area (TPSA) is 0 Å². The van der Waals surface area contributed by atoms with E-state index in [1.54, 1.807) is 0 Å². The van der Waals surface area contributed by atoms with Crippen LogP contribution in [0.5, 0.6) is 0 Å². The monoisotopic (exact) mass is 360 g/mol. The highest BCUT2D eigenvalue weighted by molar-refractivity contribution is 14.1. The van der Waals surface area contributed by atoms with E-state index in [0.717, 1.165) is 0 Å². The Kier molecular flexibility index (Phi) is 10.8. The van der Waals surface area contributed by atoms with Gasteiger partial charge in [0.2, 0.25) is 0 Å². The highest BCUT2D eigenvalue weighted by Gasteiger charge is 2.00. The van der Waals surface area contributed by atoms with Crippen LogP contribution in [0.15, 0.2) is 34.9 Å². The molecule has 0 saturated heterocycles. The molecule has 0 aliphatic carbocycles. The van der Waals surface area contributed by atoms with E-state index in [1.807, 2.05) is 0 Å². The normalized spacial score (nSPS) is 14.6. The van der Waals surface area contributed by atoms with E-state index in [-0.39, 0.29) is 0 Å². The van der Waals surface area contributed by atoms with Crippen LogP contribution in [0.4, 0.5) is 0 Å². The number of halogens is 1. The zero-order valence-corrected chi connectivity index (χ0v) is 14.9. The summed E-state index contributed by atoms with van der Waals surface area (Å²) in [5.41, 5.74) is 4.48. The number of alkyl halides is 1. The van der Waals surface area contributed by atoms with Crippen LogP contribution < -0.4 is 0 Å². The minimum Gasteiger partial charge on any atom is -0.0856 e. The highest BCUT2D eigenvalue weighted by Crippen LogP contribution is 2.17. The summed E-state index contributed by atoms with van der Waals surface area (Å²) < 4.78 is 0.639. The second-order valence-corrected chi connectivity index (χ2v) is 6.99. The molecular weight excluding hydrogens is 331 g/mol. The van der Waals surface area contributed by atoms with E-state index >= 15 is 0 Å². The van der Waals surface area contributed by atoms with Crippen molar-refractivity contribution in [3.05, 3.63) is 34.9 Å². The van der Waals surface area contributed by atoms with Crippen LogP contribution in [0.1, 0.15) is 66.7 Å². The Labute approximate surface area is 128 Å². The molecule has 0 N–H and O–H groups in total. The van der Waals surface area contributed by atoms with Crippen LogP contribution in [-0.4, -0.2) is 3.92 Å². The van der Waals surface area contributed by atoms with Gasteiger partial charge in [0.1, 0.15) is 0 Å². The zero-order valence-electron chi connectivity index (χ0n) is 12.7. The molecular formula is C17H29I. The van der Waals surface area contributed by atoms with E-state index in [0.29, 0.717) is 3.92 Å². The van der Waals surface area contributed by atoms with Crippen LogP contribution in [0, 0.1) is 0 Å². The summed E-state index contributed by atoms with van der Waals surface area (Å²) in [6, 6.07) is 0. The van der Waals surface area contributed by atoms with Crippen LogP contribution in [0.25, 0.3) is 0 Å². The molecule has 0 spiro atoms. The molecule has 0 saturated carbocycles. The molecule has 18 heavy (non-hydrogen) atoms. The summed E-state index contributed by atoms with van der Waals surface area (Å²) in [7, 11) is 0. The number of hydrogen-bond donors (Lipinski definition) is 0. The minimum absolute atomic E-state index is 0.639. The van der Waals surface area contributed by atoms with E-state index in [4.69, 9.17) is 0 Å². The maximum Gasteiger partial charge on any atom is 0.0328 e. The molecule has 0 rings (SSSR count). The first-order valence-electron chi connectivity index (χ1n) is 7.06. The van der Waals surface area contributed by atoms with Crippen molar-refractivity contribution < 1.29 is 0 Å². The van der Waals surface area contributed by atoms with Gasteiger partial charge in [0, 0.05) is 3.92 Å². The molecule has 1 unspecified atom stereocenters. The van der Waals surface area contributed by atoms with E-state index < -0.39 is 0 Å². The molecule has 0 aromatic carbocycles. The predicted octanol–water partition coefficient (Wildman–Crippen LogP) is 6.62. The van der Waals surface area contributed by atoms with Crippen LogP contribution in [0.3, 0.4) is 0 Å². The summed E-state index contributed by atoms with van der Waals surface area (Å²) in [5.74, 6) is 0. The molecule has 0 bridgehead atoms. The van der Waals surface area contributed by atoms with Gasteiger partial charge in [-0.3, -0.25) is 0 Å². The Morgan fingerprint density at radius 2 is 1.61 bits per heavy atom. The molecule has 0 aromatic heterocycles. The minimum atomic E-state index is 0.639. The third kappa shape index (κ3) is 11.1. The first-order valence-corrected chi connectivity index (χ1v) is 8.30. The Morgan fingerprint density at radius 1 is 1.00 bits per heavy atom. The van der Waals surface area contributed by atoms with Crippen molar-refractivity contribution in [1.82, 2.24) is 0 Å². The van der Waals surface area contributed by atoms with Gasteiger partial charge in [0.15, 0.2) is 0 Å². The second kappa shape index (κ2) is 10.8. The third-order valence-electron chi connectivity index (χ3n) is 2.84. The molecule has 0 nitrogen and oxygen atoms in total. The zero-order chi connectivity index (χ0) is 14.0. The lowest BCUT2D eigenvalue weighted by Crippen LogP contribution is -1.94. The average molecular weight is 360 g/mol. The van der Waals surface area contributed by atoms with Gasteiger partial charge in [0.05, 0.1) is 0 Å². The van der Waals surface area contributed by atoms with E-state index in [9.17, 15) is 0 Å². The first-order chi connectivity index (χ1) is 8.45. The molecule has 0 fully saturated rings. The van der Waals surface area contributed by atoms with Crippen LogP contribution in [-0.2, 0) is 0 Å². The lowest BCUT2D eigenvalue weighted by molar-refractivity contribution is 0.900. The van der Waals surface area contributed by atoms with Crippen LogP contribution in [0.2, 0.25) is 0 Å². The Hall–Kier alpha value is -0.0500. The first kappa shape index (κ1) is 17.9. The van der Waals surface area contributed by atoms with Crippen molar-refractivity contribution in [2.45, 2.75) is 70.6 Å². The summed E-state index contributed by atoms with van der Waals surface area (Å²) in [4.78, 5) is 0. The summed E-state index contributed by atoms with van der Waals surface area (Å²) in [6.45, 7) is 11.1. The Bertz CT molecular complexity index is 304. The fourth-order valence-corrected chi connectivity index (χ4v) is 3.26. The van der Waals surface area contributed by atoms with Gasteiger partial charge < -0.3 is 0 Å². The predicted molar refractivity (Wildman–Crippen MR) is 93.5 cm³/mol. The van der Waals surface area contributed by atoms with E-state index in [1.165, 1.54) is 48.8 Å². The molecule has 0 heterocycles. The van der Waals surface area contributed by atoms with Gasteiger partial charge in [-0.1, -0.05) is 70.9 Å². The van der Waals surface area contributed by atoms with Gasteiger partial charge in [-0.25, -0.2) is 0 Å². The van der Waals surface area contributed by atoms with Crippen LogP contribution >= 0.6 is 22.6 Å². The molecule has 0 amide bonds. The average Bonchev–Trinajstić information content (AvgIpc) is 2.24. The number of hydrogen-bond acceptors (Lipinski definition) is 0. The largest absolute Gasteiger partial charge is 0.0856 e. The quantitative estimate of drug-likeness (QED) is 0.259.